The Morgan fingerprint density at radius 1 is 1.45 bits per heavy atom. The first-order valence-corrected chi connectivity index (χ1v) is 6.29. The summed E-state index contributed by atoms with van der Waals surface area (Å²) in [5.41, 5.74) is 1.51. The van der Waals surface area contributed by atoms with Crippen LogP contribution in [0.25, 0.3) is 11.3 Å². The molecule has 0 fully saturated rings. The fraction of sp³-hybridized carbons (Fsp3) is 0.267. The van der Waals surface area contributed by atoms with Crippen molar-refractivity contribution in [1.82, 2.24) is 10.1 Å². The quantitative estimate of drug-likeness (QED) is 0.855. The Morgan fingerprint density at radius 2 is 2.15 bits per heavy atom. The summed E-state index contributed by atoms with van der Waals surface area (Å²) in [7, 11) is 1.65. The van der Waals surface area contributed by atoms with E-state index in [-0.39, 0.29) is 24.1 Å². The highest BCUT2D eigenvalue weighted by Crippen LogP contribution is 2.19. The Morgan fingerprint density at radius 3 is 2.80 bits per heavy atom. The third-order valence-electron chi connectivity index (χ3n) is 3.16. The largest absolute Gasteiger partial charge is 0.350 e. The number of nitrogens with zero attached hydrogens (tertiary/aromatic N) is 3. The molecule has 1 atom stereocenters. The van der Waals surface area contributed by atoms with E-state index in [0.717, 1.165) is 5.56 Å². The summed E-state index contributed by atoms with van der Waals surface area (Å²) >= 11 is 0. The van der Waals surface area contributed by atoms with Gasteiger partial charge in [0.25, 0.3) is 5.91 Å². The molecule has 0 aliphatic carbocycles. The third kappa shape index (κ3) is 2.86. The number of hydrogen-bond acceptors (Lipinski definition) is 4. The van der Waals surface area contributed by atoms with Gasteiger partial charge in [0.05, 0.1) is 12.5 Å². The number of rotatable bonds is 4. The van der Waals surface area contributed by atoms with Crippen LogP contribution in [0.3, 0.4) is 0 Å². The van der Waals surface area contributed by atoms with Crippen LogP contribution in [-0.4, -0.2) is 29.1 Å². The van der Waals surface area contributed by atoms with Crippen molar-refractivity contribution >= 4 is 5.91 Å². The summed E-state index contributed by atoms with van der Waals surface area (Å²) in [5.74, 6) is -0.0985. The molecule has 1 amide bonds. The fourth-order valence-corrected chi connectivity index (χ4v) is 1.76. The van der Waals surface area contributed by atoms with E-state index < -0.39 is 0 Å². The monoisotopic (exact) mass is 269 g/mol. The zero-order valence-corrected chi connectivity index (χ0v) is 11.4. The molecule has 2 rings (SSSR count). The first-order valence-electron chi connectivity index (χ1n) is 6.29. The van der Waals surface area contributed by atoms with Gasteiger partial charge in [0.2, 0.25) is 5.76 Å². The van der Waals surface area contributed by atoms with Crippen molar-refractivity contribution in [1.29, 1.82) is 5.26 Å². The number of aromatic nitrogens is 1. The van der Waals surface area contributed by atoms with Crippen molar-refractivity contribution in [3.63, 3.8) is 0 Å². The molecule has 1 aromatic carbocycles. The molecule has 2 aromatic rings. The standard InChI is InChI=1S/C15H15N3O2/c1-11(8-9-16)18(2)15(19)14-10-13(17-20-14)12-6-4-3-5-7-12/h3-7,10-11H,8H2,1-2H3/t11-/m0/s1. The van der Waals surface area contributed by atoms with Gasteiger partial charge in [-0.05, 0) is 6.92 Å². The minimum Gasteiger partial charge on any atom is -0.350 e. The highest BCUT2D eigenvalue weighted by Gasteiger charge is 2.21. The van der Waals surface area contributed by atoms with E-state index in [1.807, 2.05) is 43.3 Å². The molecular formula is C15H15N3O2. The first kappa shape index (κ1) is 13.8. The zero-order valence-electron chi connectivity index (χ0n) is 11.4. The van der Waals surface area contributed by atoms with Crippen molar-refractivity contribution in [3.05, 3.63) is 42.2 Å². The Bertz CT molecular complexity index is 628. The van der Waals surface area contributed by atoms with Crippen molar-refractivity contribution in [2.45, 2.75) is 19.4 Å². The minimum absolute atomic E-state index is 0.169. The molecule has 5 heteroatoms. The highest BCUT2D eigenvalue weighted by atomic mass is 16.5. The van der Waals surface area contributed by atoms with Gasteiger partial charge in [0.15, 0.2) is 0 Å². The number of carbonyl (C=O) groups is 1. The fourth-order valence-electron chi connectivity index (χ4n) is 1.76. The number of carbonyl (C=O) groups excluding carboxylic acids is 1. The molecule has 0 aliphatic heterocycles. The minimum atomic E-state index is -0.276. The van der Waals surface area contributed by atoms with Gasteiger partial charge >= 0.3 is 0 Å². The van der Waals surface area contributed by atoms with Crippen LogP contribution in [-0.2, 0) is 0 Å². The summed E-state index contributed by atoms with van der Waals surface area (Å²) in [4.78, 5) is 13.7. The Kier molecular flexibility index (Phi) is 4.16. The van der Waals surface area contributed by atoms with E-state index in [2.05, 4.69) is 5.16 Å². The van der Waals surface area contributed by atoms with Crippen LogP contribution in [0.15, 0.2) is 40.9 Å². The van der Waals surface area contributed by atoms with Crippen molar-refractivity contribution in [2.24, 2.45) is 0 Å². The average Bonchev–Trinajstić information content (AvgIpc) is 2.96. The van der Waals surface area contributed by atoms with Crippen LogP contribution in [0.2, 0.25) is 0 Å². The topological polar surface area (TPSA) is 70.1 Å². The van der Waals surface area contributed by atoms with Crippen LogP contribution in [0.5, 0.6) is 0 Å². The van der Waals surface area contributed by atoms with Gasteiger partial charge in [-0.3, -0.25) is 4.79 Å². The van der Waals surface area contributed by atoms with Crippen molar-refractivity contribution in [2.75, 3.05) is 7.05 Å². The molecule has 0 spiro atoms. The van der Waals surface area contributed by atoms with Crippen molar-refractivity contribution in [3.8, 4) is 17.3 Å². The molecule has 1 aromatic heterocycles. The lowest BCUT2D eigenvalue weighted by Gasteiger charge is -2.21. The Balaban J connectivity index is 2.17. The maximum Gasteiger partial charge on any atom is 0.292 e. The van der Waals surface area contributed by atoms with E-state index in [9.17, 15) is 4.79 Å². The Labute approximate surface area is 117 Å². The molecule has 0 aliphatic rings. The van der Waals surface area contributed by atoms with Crippen LogP contribution < -0.4 is 0 Å². The highest BCUT2D eigenvalue weighted by molar-refractivity contribution is 5.92. The van der Waals surface area contributed by atoms with E-state index in [1.165, 1.54) is 4.90 Å². The number of nitriles is 1. The molecule has 1 heterocycles. The van der Waals surface area contributed by atoms with Gasteiger partial charge < -0.3 is 9.42 Å². The van der Waals surface area contributed by atoms with Gasteiger partial charge in [-0.15, -0.1) is 0 Å². The van der Waals surface area contributed by atoms with Gasteiger partial charge in [0.1, 0.15) is 5.69 Å². The molecule has 0 radical (unpaired) electrons. The molecule has 5 nitrogen and oxygen atoms in total. The lowest BCUT2D eigenvalue weighted by atomic mass is 10.1. The molecule has 20 heavy (non-hydrogen) atoms. The molecule has 102 valence electrons. The van der Waals surface area contributed by atoms with Gasteiger partial charge in [-0.2, -0.15) is 5.26 Å². The first-order chi connectivity index (χ1) is 9.63. The summed E-state index contributed by atoms with van der Waals surface area (Å²) in [6.07, 6.45) is 0.280. The van der Waals surface area contributed by atoms with E-state index in [1.54, 1.807) is 13.1 Å². The maximum atomic E-state index is 12.2. The lowest BCUT2D eigenvalue weighted by Crippen LogP contribution is -2.34. The van der Waals surface area contributed by atoms with Crippen LogP contribution in [0.1, 0.15) is 23.9 Å². The summed E-state index contributed by atoms with van der Waals surface area (Å²) in [5, 5.41) is 12.6. The normalized spacial score (nSPS) is 11.7. The van der Waals surface area contributed by atoms with E-state index >= 15 is 0 Å². The molecule has 0 N–H and O–H groups in total. The SMILES string of the molecule is C[C@@H](CC#N)N(C)C(=O)c1cc(-c2ccccc2)no1. The van der Waals surface area contributed by atoms with Crippen LogP contribution in [0.4, 0.5) is 0 Å². The number of amides is 1. The zero-order chi connectivity index (χ0) is 14.5. The predicted molar refractivity (Wildman–Crippen MR) is 73.7 cm³/mol. The molecular weight excluding hydrogens is 254 g/mol. The van der Waals surface area contributed by atoms with E-state index in [0.29, 0.717) is 5.69 Å². The molecule has 0 unspecified atom stereocenters. The summed E-state index contributed by atoms with van der Waals surface area (Å²) in [6, 6.07) is 13.0. The maximum absolute atomic E-state index is 12.2. The average molecular weight is 269 g/mol. The summed E-state index contributed by atoms with van der Waals surface area (Å²) < 4.78 is 5.11. The third-order valence-corrected chi connectivity index (χ3v) is 3.16. The second-order valence-electron chi connectivity index (χ2n) is 4.57. The van der Waals surface area contributed by atoms with Gasteiger partial charge in [0, 0.05) is 24.7 Å². The summed E-state index contributed by atoms with van der Waals surface area (Å²) in [6.45, 7) is 1.82. The predicted octanol–water partition coefficient (Wildman–Crippen LogP) is 2.72. The van der Waals surface area contributed by atoms with Crippen LogP contribution >= 0.6 is 0 Å². The molecule has 0 saturated heterocycles. The second-order valence-corrected chi connectivity index (χ2v) is 4.57. The smallest absolute Gasteiger partial charge is 0.292 e. The van der Waals surface area contributed by atoms with Gasteiger partial charge in [-0.25, -0.2) is 0 Å². The molecule has 0 saturated carbocycles. The van der Waals surface area contributed by atoms with Crippen molar-refractivity contribution < 1.29 is 9.32 Å². The Hall–Kier alpha value is -2.61. The van der Waals surface area contributed by atoms with E-state index in [4.69, 9.17) is 9.78 Å². The van der Waals surface area contributed by atoms with Gasteiger partial charge in [-0.1, -0.05) is 35.5 Å². The second kappa shape index (κ2) is 6.02. The van der Waals surface area contributed by atoms with Crippen LogP contribution in [0, 0.1) is 11.3 Å². The molecule has 0 bridgehead atoms. The lowest BCUT2D eigenvalue weighted by molar-refractivity contribution is 0.0704. The number of hydrogen-bond donors (Lipinski definition) is 0. The number of benzene rings is 1.